The highest BCUT2D eigenvalue weighted by Crippen LogP contribution is 2.32. The average molecular weight is 668 g/mol. The topological polar surface area (TPSA) is 123 Å². The molecule has 3 aromatic carbocycles. The first-order valence-electron chi connectivity index (χ1n) is 15.2. The number of piperidine rings is 1. The molecule has 1 aliphatic rings. The van der Waals surface area contributed by atoms with Gasteiger partial charge in [-0.2, -0.15) is 18.3 Å². The number of halogens is 4. The molecule has 5 rings (SSSR count). The molecule has 0 bridgehead atoms. The van der Waals surface area contributed by atoms with E-state index in [4.69, 9.17) is 4.74 Å². The van der Waals surface area contributed by atoms with Gasteiger partial charge in [0.25, 0.3) is 11.8 Å². The van der Waals surface area contributed by atoms with E-state index in [0.717, 1.165) is 12.1 Å². The van der Waals surface area contributed by atoms with Crippen LogP contribution in [0.5, 0.6) is 0 Å². The summed E-state index contributed by atoms with van der Waals surface area (Å²) in [7, 11) is 0. The fourth-order valence-electron chi connectivity index (χ4n) is 5.40. The summed E-state index contributed by atoms with van der Waals surface area (Å²) in [5, 5.41) is 9.46. The van der Waals surface area contributed by atoms with Gasteiger partial charge >= 0.3 is 12.1 Å². The highest BCUT2D eigenvalue weighted by atomic mass is 19.4. The summed E-state index contributed by atoms with van der Waals surface area (Å²) in [5.74, 6) is -2.99. The van der Waals surface area contributed by atoms with Crippen LogP contribution in [0.15, 0.2) is 60.7 Å². The zero-order valence-corrected chi connectivity index (χ0v) is 26.4. The molecule has 2 heterocycles. The van der Waals surface area contributed by atoms with Gasteiger partial charge < -0.3 is 20.3 Å². The number of nitrogens with zero attached hydrogens (tertiary/aromatic N) is 3. The first-order valence-corrected chi connectivity index (χ1v) is 15.2. The molecule has 1 saturated heterocycles. The number of benzene rings is 3. The number of hydrogen-bond acceptors (Lipinski definition) is 6. The Hall–Kier alpha value is -5.27. The molecule has 0 radical (unpaired) electrons. The zero-order chi connectivity index (χ0) is 34.8. The summed E-state index contributed by atoms with van der Waals surface area (Å²) in [6.07, 6.45) is -3.27. The van der Waals surface area contributed by atoms with Crippen molar-refractivity contribution in [2.45, 2.75) is 64.8 Å². The average Bonchev–Trinajstić information content (AvgIpc) is 3.35. The van der Waals surface area contributed by atoms with Gasteiger partial charge in [0.1, 0.15) is 18.0 Å². The number of rotatable bonds is 8. The number of amides is 3. The van der Waals surface area contributed by atoms with Crippen molar-refractivity contribution in [3.05, 3.63) is 83.3 Å². The van der Waals surface area contributed by atoms with E-state index in [1.54, 1.807) is 26.8 Å². The maximum absolute atomic E-state index is 14.1. The van der Waals surface area contributed by atoms with Gasteiger partial charge in [0.15, 0.2) is 5.69 Å². The molecule has 2 N–H and O–H groups in total. The van der Waals surface area contributed by atoms with Gasteiger partial charge in [-0.15, -0.1) is 0 Å². The molecular weight excluding hydrogens is 634 g/mol. The maximum atomic E-state index is 14.1. The SMILES string of the molecule is CC(C)(C)OC(=O)Cc1cc(F)ccc1NC(=O)c1ccc(N2CCCCC2=O)c(NC(=O)c2nn(CC(F)(F)F)c3ccccc23)c1. The predicted molar refractivity (Wildman–Crippen MR) is 170 cm³/mol. The van der Waals surface area contributed by atoms with Gasteiger partial charge in [-0.1, -0.05) is 18.2 Å². The monoisotopic (exact) mass is 667 g/mol. The minimum Gasteiger partial charge on any atom is -0.460 e. The molecule has 1 fully saturated rings. The number of esters is 1. The summed E-state index contributed by atoms with van der Waals surface area (Å²) in [6, 6.07) is 13.8. The summed E-state index contributed by atoms with van der Waals surface area (Å²) >= 11 is 0. The molecular formula is C34H33F4N5O5. The number of alkyl halides is 3. The molecule has 252 valence electrons. The number of nitrogens with one attached hydrogen (secondary N) is 2. The number of fused-ring (bicyclic) bond motifs is 1. The first-order chi connectivity index (χ1) is 22.6. The standard InChI is InChI=1S/C34H33F4N5O5/c1-33(2,3)48-29(45)18-21-16-22(35)12-13-24(21)39-31(46)20-11-14-27(42-15-7-6-10-28(42)44)25(17-20)40-32(47)30-23-8-4-5-9-26(23)43(41-30)19-34(36,37)38/h4-5,8-9,11-14,16-17H,6-7,10,15,18-19H2,1-3H3,(H,39,46)(H,40,47). The highest BCUT2D eigenvalue weighted by Gasteiger charge is 2.31. The number of aromatic nitrogens is 2. The van der Waals surface area contributed by atoms with Crippen LogP contribution in [0.3, 0.4) is 0 Å². The van der Waals surface area contributed by atoms with Crippen LogP contribution in [-0.2, 0) is 27.3 Å². The van der Waals surface area contributed by atoms with E-state index < -0.39 is 41.9 Å². The van der Waals surface area contributed by atoms with Crippen molar-refractivity contribution in [2.75, 3.05) is 22.1 Å². The fraction of sp³-hybridized carbons (Fsp3) is 0.324. The van der Waals surface area contributed by atoms with Crippen LogP contribution in [0, 0.1) is 5.82 Å². The summed E-state index contributed by atoms with van der Waals surface area (Å²) in [6.45, 7) is 4.00. The third-order valence-electron chi connectivity index (χ3n) is 7.39. The second-order valence-electron chi connectivity index (χ2n) is 12.3. The molecule has 0 aliphatic carbocycles. The second kappa shape index (κ2) is 13.5. The second-order valence-corrected chi connectivity index (χ2v) is 12.3. The van der Waals surface area contributed by atoms with E-state index in [-0.39, 0.29) is 63.5 Å². The molecule has 0 spiro atoms. The Bertz CT molecular complexity index is 1900. The number of hydrogen-bond donors (Lipinski definition) is 2. The number of para-hydroxylation sites is 1. The predicted octanol–water partition coefficient (Wildman–Crippen LogP) is 6.64. The lowest BCUT2D eigenvalue weighted by atomic mass is 10.1. The number of ether oxygens (including phenoxy) is 1. The third-order valence-corrected chi connectivity index (χ3v) is 7.39. The first kappa shape index (κ1) is 34.1. The number of carbonyl (C=O) groups excluding carboxylic acids is 4. The van der Waals surface area contributed by atoms with Gasteiger partial charge in [-0.3, -0.25) is 23.9 Å². The van der Waals surface area contributed by atoms with Crippen molar-refractivity contribution in [2.24, 2.45) is 0 Å². The lowest BCUT2D eigenvalue weighted by Crippen LogP contribution is -2.36. The van der Waals surface area contributed by atoms with Gasteiger partial charge in [-0.05, 0) is 81.6 Å². The maximum Gasteiger partial charge on any atom is 0.408 e. The van der Waals surface area contributed by atoms with Crippen molar-refractivity contribution in [3.63, 3.8) is 0 Å². The van der Waals surface area contributed by atoms with Crippen LogP contribution < -0.4 is 15.5 Å². The van der Waals surface area contributed by atoms with E-state index in [1.165, 1.54) is 47.4 Å². The fourth-order valence-corrected chi connectivity index (χ4v) is 5.40. The number of anilines is 3. The number of carbonyl (C=O) groups is 4. The molecule has 14 heteroatoms. The normalized spacial score (nSPS) is 13.8. The largest absolute Gasteiger partial charge is 0.460 e. The van der Waals surface area contributed by atoms with Crippen LogP contribution in [-0.4, -0.2) is 51.8 Å². The summed E-state index contributed by atoms with van der Waals surface area (Å²) < 4.78 is 60.1. The Kier molecular flexibility index (Phi) is 9.55. The molecule has 0 unspecified atom stereocenters. The minimum absolute atomic E-state index is 0.0264. The van der Waals surface area contributed by atoms with Crippen LogP contribution in [0.1, 0.15) is 66.4 Å². The van der Waals surface area contributed by atoms with Crippen molar-refractivity contribution >= 4 is 51.7 Å². The van der Waals surface area contributed by atoms with E-state index in [0.29, 0.717) is 24.1 Å². The van der Waals surface area contributed by atoms with E-state index in [9.17, 15) is 36.7 Å². The van der Waals surface area contributed by atoms with E-state index >= 15 is 0 Å². The van der Waals surface area contributed by atoms with Crippen LogP contribution in [0.4, 0.5) is 34.6 Å². The van der Waals surface area contributed by atoms with Crippen molar-refractivity contribution in [1.82, 2.24) is 9.78 Å². The molecule has 10 nitrogen and oxygen atoms in total. The van der Waals surface area contributed by atoms with E-state index in [1.807, 2.05) is 0 Å². The highest BCUT2D eigenvalue weighted by molar-refractivity contribution is 6.14. The Balaban J connectivity index is 1.48. The quantitative estimate of drug-likeness (QED) is 0.160. The summed E-state index contributed by atoms with van der Waals surface area (Å²) in [4.78, 5) is 53.9. The Morgan fingerprint density at radius 3 is 2.35 bits per heavy atom. The third kappa shape index (κ3) is 8.17. The molecule has 1 aliphatic heterocycles. The smallest absolute Gasteiger partial charge is 0.408 e. The Morgan fingerprint density at radius 1 is 0.917 bits per heavy atom. The minimum atomic E-state index is -4.59. The van der Waals surface area contributed by atoms with Gasteiger partial charge in [0.2, 0.25) is 5.91 Å². The lowest BCUT2D eigenvalue weighted by molar-refractivity contribution is -0.154. The molecule has 48 heavy (non-hydrogen) atoms. The van der Waals surface area contributed by atoms with Gasteiger partial charge in [-0.25, -0.2) is 4.39 Å². The van der Waals surface area contributed by atoms with Crippen molar-refractivity contribution in [3.8, 4) is 0 Å². The molecule has 1 aromatic heterocycles. The molecule has 4 aromatic rings. The van der Waals surface area contributed by atoms with Crippen LogP contribution in [0.25, 0.3) is 10.9 Å². The van der Waals surface area contributed by atoms with Crippen molar-refractivity contribution < 1.29 is 41.5 Å². The lowest BCUT2D eigenvalue weighted by Gasteiger charge is -2.29. The zero-order valence-electron chi connectivity index (χ0n) is 26.4. The Morgan fingerprint density at radius 2 is 1.65 bits per heavy atom. The molecule has 3 amide bonds. The van der Waals surface area contributed by atoms with Crippen LogP contribution in [0.2, 0.25) is 0 Å². The summed E-state index contributed by atoms with van der Waals surface area (Å²) in [5.41, 5.74) is -0.285. The van der Waals surface area contributed by atoms with Crippen molar-refractivity contribution in [1.29, 1.82) is 0 Å². The van der Waals surface area contributed by atoms with Crippen LogP contribution >= 0.6 is 0 Å². The Labute approximate surface area is 273 Å². The molecule has 0 atom stereocenters. The van der Waals surface area contributed by atoms with Gasteiger partial charge in [0.05, 0.1) is 23.3 Å². The molecule has 0 saturated carbocycles. The van der Waals surface area contributed by atoms with Gasteiger partial charge in [0, 0.05) is 29.6 Å². The van der Waals surface area contributed by atoms with E-state index in [2.05, 4.69) is 15.7 Å².